The van der Waals surface area contributed by atoms with Gasteiger partial charge in [0.1, 0.15) is 11.3 Å². The van der Waals surface area contributed by atoms with E-state index < -0.39 is 5.41 Å². The van der Waals surface area contributed by atoms with Crippen LogP contribution < -0.4 is 4.90 Å². The summed E-state index contributed by atoms with van der Waals surface area (Å²) in [5.74, 6) is -0.249. The number of rotatable bonds is 4. The van der Waals surface area contributed by atoms with Gasteiger partial charge in [0.15, 0.2) is 5.58 Å². The molecule has 6 heteroatoms. The molecule has 1 aliphatic heterocycles. The first-order chi connectivity index (χ1) is 15.6. The molecule has 3 aromatic rings. The number of hydrogen-bond acceptors (Lipinski definition) is 5. The van der Waals surface area contributed by atoms with E-state index in [9.17, 15) is 9.65 Å². The van der Waals surface area contributed by atoms with Crippen LogP contribution in [-0.4, -0.2) is 42.1 Å². The molecule has 0 amide bonds. The van der Waals surface area contributed by atoms with Gasteiger partial charge in [-0.25, -0.2) is 4.39 Å². The van der Waals surface area contributed by atoms with Crippen molar-refractivity contribution in [2.24, 2.45) is 0 Å². The van der Waals surface area contributed by atoms with Gasteiger partial charge in [0.25, 0.3) is 6.01 Å². The van der Waals surface area contributed by atoms with Gasteiger partial charge in [0.2, 0.25) is 0 Å². The summed E-state index contributed by atoms with van der Waals surface area (Å²) in [6, 6.07) is 18.6. The molecule has 0 spiro atoms. The monoisotopic (exact) mass is 432 g/mol. The number of anilines is 1. The van der Waals surface area contributed by atoms with E-state index in [4.69, 9.17) is 4.42 Å². The molecule has 1 aromatic heterocycles. The molecule has 32 heavy (non-hydrogen) atoms. The van der Waals surface area contributed by atoms with Crippen molar-refractivity contribution in [3.05, 3.63) is 59.9 Å². The molecule has 2 fully saturated rings. The smallest absolute Gasteiger partial charge is 0.298 e. The van der Waals surface area contributed by atoms with E-state index in [1.807, 2.05) is 24.3 Å². The molecule has 0 radical (unpaired) electrons. The zero-order chi connectivity index (χ0) is 22.1. The second-order valence-corrected chi connectivity index (χ2v) is 9.27. The zero-order valence-electron chi connectivity index (χ0n) is 18.5. The molecule has 1 saturated carbocycles. The topological polar surface area (TPSA) is 56.3 Å². The Morgan fingerprint density at radius 1 is 1.06 bits per heavy atom. The number of fused-ring (bicyclic) bond motifs is 1. The highest BCUT2D eigenvalue weighted by molar-refractivity contribution is 5.74. The van der Waals surface area contributed by atoms with E-state index in [1.54, 1.807) is 12.1 Å². The second-order valence-electron chi connectivity index (χ2n) is 9.27. The Morgan fingerprint density at radius 3 is 2.41 bits per heavy atom. The number of benzene rings is 2. The van der Waals surface area contributed by atoms with Gasteiger partial charge in [-0.2, -0.15) is 10.2 Å². The lowest BCUT2D eigenvalue weighted by atomic mass is 9.69. The highest BCUT2D eigenvalue weighted by Gasteiger charge is 2.39. The molecule has 5 rings (SSSR count). The van der Waals surface area contributed by atoms with Gasteiger partial charge in [-0.15, -0.1) is 0 Å². The highest BCUT2D eigenvalue weighted by atomic mass is 19.1. The van der Waals surface area contributed by atoms with E-state index in [0.29, 0.717) is 18.1 Å². The van der Waals surface area contributed by atoms with Crippen LogP contribution in [0.1, 0.15) is 44.1 Å². The molecule has 2 heterocycles. The van der Waals surface area contributed by atoms with Crippen LogP contribution in [0.5, 0.6) is 0 Å². The van der Waals surface area contributed by atoms with Gasteiger partial charge in [-0.3, -0.25) is 0 Å². The number of para-hydroxylation sites is 2. The fraction of sp³-hybridized carbons (Fsp3) is 0.462. The van der Waals surface area contributed by atoms with E-state index in [1.165, 1.54) is 12.1 Å². The predicted octanol–water partition coefficient (Wildman–Crippen LogP) is 5.27. The molecule has 0 N–H and O–H groups in total. The maximum absolute atomic E-state index is 13.3. The number of nitriles is 1. The first-order valence-electron chi connectivity index (χ1n) is 11.6. The van der Waals surface area contributed by atoms with Gasteiger partial charge in [0.05, 0.1) is 11.5 Å². The van der Waals surface area contributed by atoms with E-state index in [0.717, 1.165) is 68.3 Å². The quantitative estimate of drug-likeness (QED) is 0.562. The fourth-order valence-electron chi connectivity index (χ4n) is 5.50. The van der Waals surface area contributed by atoms with Gasteiger partial charge in [0, 0.05) is 32.2 Å². The molecule has 2 aliphatic rings. The van der Waals surface area contributed by atoms with Crippen molar-refractivity contribution in [2.45, 2.75) is 56.0 Å². The van der Waals surface area contributed by atoms with Gasteiger partial charge in [-0.05, 0) is 68.4 Å². The van der Waals surface area contributed by atoms with Crippen LogP contribution in [0.25, 0.3) is 11.1 Å². The van der Waals surface area contributed by atoms with Crippen LogP contribution in [0.3, 0.4) is 0 Å². The summed E-state index contributed by atoms with van der Waals surface area (Å²) in [5, 5.41) is 9.94. The highest BCUT2D eigenvalue weighted by Crippen LogP contribution is 2.41. The van der Waals surface area contributed by atoms with Crippen LogP contribution in [0.15, 0.2) is 52.9 Å². The minimum atomic E-state index is -0.476. The normalized spacial score (nSPS) is 25.0. The largest absolute Gasteiger partial charge is 0.423 e. The zero-order valence-corrected chi connectivity index (χ0v) is 18.5. The average molecular weight is 433 g/mol. The molecule has 1 saturated heterocycles. The third-order valence-corrected chi connectivity index (χ3v) is 7.57. The van der Waals surface area contributed by atoms with Gasteiger partial charge >= 0.3 is 0 Å². The average Bonchev–Trinajstić information content (AvgIpc) is 3.29. The Bertz CT molecular complexity index is 1070. The van der Waals surface area contributed by atoms with Crippen molar-refractivity contribution in [1.82, 2.24) is 9.88 Å². The minimum Gasteiger partial charge on any atom is -0.423 e. The Balaban J connectivity index is 1.18. The van der Waals surface area contributed by atoms with Gasteiger partial charge < -0.3 is 14.2 Å². The summed E-state index contributed by atoms with van der Waals surface area (Å²) in [6.45, 7) is 2.10. The summed E-state index contributed by atoms with van der Waals surface area (Å²) in [4.78, 5) is 9.44. The Kier molecular flexibility index (Phi) is 5.60. The lowest BCUT2D eigenvalue weighted by Gasteiger charge is -2.44. The minimum absolute atomic E-state index is 0.249. The van der Waals surface area contributed by atoms with Crippen LogP contribution in [-0.2, 0) is 5.41 Å². The summed E-state index contributed by atoms with van der Waals surface area (Å²) < 4.78 is 19.3. The summed E-state index contributed by atoms with van der Waals surface area (Å²) in [7, 11) is 2.08. The van der Waals surface area contributed by atoms with E-state index >= 15 is 0 Å². The molecule has 2 aromatic carbocycles. The molecular weight excluding hydrogens is 403 g/mol. The molecule has 0 bridgehead atoms. The van der Waals surface area contributed by atoms with Crippen molar-refractivity contribution >= 4 is 17.1 Å². The number of likely N-dealkylation sites (tertiary alicyclic amines) is 1. The van der Waals surface area contributed by atoms with Crippen molar-refractivity contribution in [3.63, 3.8) is 0 Å². The number of piperidine rings is 1. The summed E-state index contributed by atoms with van der Waals surface area (Å²) >= 11 is 0. The van der Waals surface area contributed by atoms with Gasteiger partial charge in [-0.1, -0.05) is 24.3 Å². The molecule has 5 nitrogen and oxygen atoms in total. The molecule has 0 atom stereocenters. The third-order valence-electron chi connectivity index (χ3n) is 7.57. The second kappa shape index (κ2) is 8.55. The summed E-state index contributed by atoms with van der Waals surface area (Å²) in [5.41, 5.74) is 2.21. The van der Waals surface area contributed by atoms with Crippen LogP contribution >= 0.6 is 0 Å². The van der Waals surface area contributed by atoms with Crippen LogP contribution in [0.2, 0.25) is 0 Å². The molecule has 1 aliphatic carbocycles. The lowest BCUT2D eigenvalue weighted by molar-refractivity contribution is 0.107. The maximum Gasteiger partial charge on any atom is 0.298 e. The Morgan fingerprint density at radius 2 is 1.75 bits per heavy atom. The number of oxazole rings is 1. The number of aromatic nitrogens is 1. The SMILES string of the molecule is CN(c1nc2ccccc2o1)C1CCN(C2CCC(C#N)(c3ccc(F)cc3)CC2)CC1. The third kappa shape index (κ3) is 3.86. The van der Waals surface area contributed by atoms with E-state index in [2.05, 4.69) is 27.9 Å². The Labute approximate surface area is 188 Å². The molecule has 166 valence electrons. The first kappa shape index (κ1) is 21.0. The first-order valence-corrected chi connectivity index (χ1v) is 11.6. The standard InChI is InChI=1S/C26H29FN4O/c1-30(25-29-23-4-2-3-5-24(23)32-25)21-12-16-31(17-13-21)22-10-14-26(18-28,15-11-22)19-6-8-20(27)9-7-19/h2-9,21-22H,10-17H2,1H3. The maximum atomic E-state index is 13.3. The lowest BCUT2D eigenvalue weighted by Crippen LogP contribution is -2.49. The fourth-order valence-corrected chi connectivity index (χ4v) is 5.50. The van der Waals surface area contributed by atoms with E-state index in [-0.39, 0.29) is 5.82 Å². The number of nitrogens with zero attached hydrogens (tertiary/aromatic N) is 4. The van der Waals surface area contributed by atoms with Crippen molar-refractivity contribution in [2.75, 3.05) is 25.0 Å². The van der Waals surface area contributed by atoms with Crippen molar-refractivity contribution in [1.29, 1.82) is 5.26 Å². The van der Waals surface area contributed by atoms with Crippen molar-refractivity contribution < 1.29 is 8.81 Å². The number of halogens is 1. The van der Waals surface area contributed by atoms with Crippen LogP contribution in [0.4, 0.5) is 10.4 Å². The summed E-state index contributed by atoms with van der Waals surface area (Å²) in [6.07, 6.45) is 5.85. The van der Waals surface area contributed by atoms with Crippen LogP contribution in [0, 0.1) is 17.1 Å². The molecule has 0 unspecified atom stereocenters. The predicted molar refractivity (Wildman–Crippen MR) is 123 cm³/mol. The number of hydrogen-bond donors (Lipinski definition) is 0. The Hall–Kier alpha value is -2.91. The molecular formula is C26H29FN4O. The van der Waals surface area contributed by atoms with Crippen molar-refractivity contribution in [3.8, 4) is 6.07 Å².